The molecule has 1 aromatic rings. The molecule has 1 atom stereocenters. The summed E-state index contributed by atoms with van der Waals surface area (Å²) in [5, 5.41) is 0.332. The Labute approximate surface area is 119 Å². The number of hydrogen-bond acceptors (Lipinski definition) is 3. The summed E-state index contributed by atoms with van der Waals surface area (Å²) >= 11 is 5.88. The molecule has 0 aromatic heterocycles. The van der Waals surface area contributed by atoms with Crippen molar-refractivity contribution in [3.63, 3.8) is 0 Å². The van der Waals surface area contributed by atoms with Crippen molar-refractivity contribution in [2.45, 2.75) is 31.6 Å². The molecular weight excluding hydrogens is 284 g/mol. The third kappa shape index (κ3) is 3.41. The van der Waals surface area contributed by atoms with Gasteiger partial charge in [0.05, 0.1) is 4.90 Å². The van der Waals surface area contributed by atoms with E-state index in [9.17, 15) is 8.42 Å². The average Bonchev–Trinajstić information content (AvgIpc) is 3.14. The number of hydrogen-bond donors (Lipinski definition) is 2. The van der Waals surface area contributed by atoms with Crippen LogP contribution < -0.4 is 10.5 Å². The van der Waals surface area contributed by atoms with Crippen molar-refractivity contribution in [3.8, 4) is 0 Å². The zero-order valence-electron chi connectivity index (χ0n) is 11.1. The Balaban J connectivity index is 2.19. The van der Waals surface area contributed by atoms with E-state index in [4.69, 9.17) is 17.3 Å². The van der Waals surface area contributed by atoms with Crippen molar-refractivity contribution in [1.29, 1.82) is 0 Å². The number of anilines is 1. The quantitative estimate of drug-likeness (QED) is 0.821. The van der Waals surface area contributed by atoms with Crippen molar-refractivity contribution in [2.24, 2.45) is 11.8 Å². The maximum absolute atomic E-state index is 12.3. The molecule has 0 amide bonds. The first-order valence-corrected chi connectivity index (χ1v) is 8.22. The topological polar surface area (TPSA) is 72.2 Å². The highest BCUT2D eigenvalue weighted by atomic mass is 35.5. The molecule has 19 heavy (non-hydrogen) atoms. The van der Waals surface area contributed by atoms with Gasteiger partial charge in [0, 0.05) is 17.3 Å². The molecule has 2 rings (SSSR count). The molecule has 106 valence electrons. The fourth-order valence-electron chi connectivity index (χ4n) is 2.10. The van der Waals surface area contributed by atoms with Crippen LogP contribution in [0.5, 0.6) is 0 Å². The smallest absolute Gasteiger partial charge is 0.240 e. The van der Waals surface area contributed by atoms with Crippen molar-refractivity contribution in [3.05, 3.63) is 22.7 Å². The fourth-order valence-corrected chi connectivity index (χ4v) is 3.84. The molecule has 0 spiro atoms. The minimum absolute atomic E-state index is 0.167. The van der Waals surface area contributed by atoms with Gasteiger partial charge in [-0.05, 0) is 49.3 Å². The molecule has 1 aliphatic carbocycles. The summed E-state index contributed by atoms with van der Waals surface area (Å²) in [6.45, 7) is 4.21. The van der Waals surface area contributed by atoms with Gasteiger partial charge in [0.15, 0.2) is 0 Å². The molecule has 1 unspecified atom stereocenters. The second-order valence-corrected chi connectivity index (χ2v) is 7.46. The third-order valence-corrected chi connectivity index (χ3v) is 5.44. The van der Waals surface area contributed by atoms with E-state index in [2.05, 4.69) is 11.6 Å². The van der Waals surface area contributed by atoms with Crippen LogP contribution in [0.25, 0.3) is 0 Å². The van der Waals surface area contributed by atoms with Gasteiger partial charge in [0.1, 0.15) is 0 Å². The van der Waals surface area contributed by atoms with E-state index < -0.39 is 10.0 Å². The summed E-state index contributed by atoms with van der Waals surface area (Å²) in [4.78, 5) is 0.167. The van der Waals surface area contributed by atoms with Gasteiger partial charge in [-0.1, -0.05) is 18.5 Å². The van der Waals surface area contributed by atoms with E-state index in [1.807, 2.05) is 0 Å². The first kappa shape index (κ1) is 14.6. The molecule has 1 saturated carbocycles. The van der Waals surface area contributed by atoms with Crippen LogP contribution >= 0.6 is 11.6 Å². The van der Waals surface area contributed by atoms with Crippen LogP contribution in [0.15, 0.2) is 17.0 Å². The first-order chi connectivity index (χ1) is 8.81. The number of halogens is 1. The molecule has 3 N–H and O–H groups in total. The molecule has 0 heterocycles. The van der Waals surface area contributed by atoms with Crippen LogP contribution in [0, 0.1) is 18.8 Å². The number of nitrogens with two attached hydrogens (primary N) is 1. The largest absolute Gasteiger partial charge is 0.398 e. The van der Waals surface area contributed by atoms with Gasteiger partial charge in [0.25, 0.3) is 0 Å². The van der Waals surface area contributed by atoms with Crippen LogP contribution in [-0.2, 0) is 10.0 Å². The SMILES string of the molecule is Cc1c(N)cc(Cl)cc1S(=O)(=O)NCC(C)C1CC1. The Hall–Kier alpha value is -0.780. The number of nitrogen functional groups attached to an aromatic ring is 1. The van der Waals surface area contributed by atoms with Crippen LogP contribution in [-0.4, -0.2) is 15.0 Å². The van der Waals surface area contributed by atoms with Crippen LogP contribution in [0.4, 0.5) is 5.69 Å². The maximum atomic E-state index is 12.3. The highest BCUT2D eigenvalue weighted by molar-refractivity contribution is 7.89. The predicted octanol–water partition coefficient (Wildman–Crippen LogP) is 2.56. The lowest BCUT2D eigenvalue weighted by Crippen LogP contribution is -2.29. The first-order valence-electron chi connectivity index (χ1n) is 6.36. The van der Waals surface area contributed by atoms with E-state index in [1.54, 1.807) is 13.0 Å². The summed E-state index contributed by atoms with van der Waals surface area (Å²) in [6.07, 6.45) is 2.40. The van der Waals surface area contributed by atoms with Crippen LogP contribution in [0.1, 0.15) is 25.3 Å². The Morgan fingerprint density at radius 3 is 2.68 bits per heavy atom. The predicted molar refractivity (Wildman–Crippen MR) is 77.7 cm³/mol. The van der Waals surface area contributed by atoms with Gasteiger partial charge in [-0.25, -0.2) is 13.1 Å². The monoisotopic (exact) mass is 302 g/mol. The normalized spacial score (nSPS) is 17.4. The molecule has 6 heteroatoms. The van der Waals surface area contributed by atoms with E-state index in [-0.39, 0.29) is 4.90 Å². The third-order valence-electron chi connectivity index (χ3n) is 3.68. The summed E-state index contributed by atoms with van der Waals surface area (Å²) in [5.41, 5.74) is 6.69. The van der Waals surface area contributed by atoms with Gasteiger partial charge in [-0.15, -0.1) is 0 Å². The molecule has 0 radical (unpaired) electrons. The summed E-state index contributed by atoms with van der Waals surface area (Å²) in [7, 11) is -3.55. The lowest BCUT2D eigenvalue weighted by atomic mass is 10.1. The Morgan fingerprint density at radius 2 is 2.11 bits per heavy atom. The van der Waals surface area contributed by atoms with Gasteiger partial charge in [-0.3, -0.25) is 0 Å². The summed E-state index contributed by atoms with van der Waals surface area (Å²) in [5.74, 6) is 1.03. The molecular formula is C13H19ClN2O2S. The van der Waals surface area contributed by atoms with E-state index >= 15 is 0 Å². The number of benzene rings is 1. The van der Waals surface area contributed by atoms with Gasteiger partial charge in [0.2, 0.25) is 10.0 Å². The van der Waals surface area contributed by atoms with Crippen molar-refractivity contribution >= 4 is 27.3 Å². The standard InChI is InChI=1S/C13H19ClN2O2S/c1-8(10-3-4-10)7-16-19(17,18)13-6-11(14)5-12(15)9(13)2/h5-6,8,10,16H,3-4,7,15H2,1-2H3. The highest BCUT2D eigenvalue weighted by Crippen LogP contribution is 2.36. The molecule has 0 bridgehead atoms. The molecule has 0 aliphatic heterocycles. The second kappa shape index (κ2) is 5.31. The Bertz CT molecular complexity index is 583. The van der Waals surface area contributed by atoms with Crippen LogP contribution in [0.3, 0.4) is 0 Å². The number of sulfonamides is 1. The minimum Gasteiger partial charge on any atom is -0.398 e. The zero-order chi connectivity index (χ0) is 14.2. The summed E-state index contributed by atoms with van der Waals surface area (Å²) < 4.78 is 27.2. The van der Waals surface area contributed by atoms with Crippen molar-refractivity contribution < 1.29 is 8.42 Å². The lowest BCUT2D eigenvalue weighted by molar-refractivity contribution is 0.491. The number of nitrogens with one attached hydrogen (secondary N) is 1. The van der Waals surface area contributed by atoms with Crippen molar-refractivity contribution in [1.82, 2.24) is 4.72 Å². The van der Waals surface area contributed by atoms with E-state index in [0.717, 1.165) is 0 Å². The van der Waals surface area contributed by atoms with Gasteiger partial charge >= 0.3 is 0 Å². The fraction of sp³-hybridized carbons (Fsp3) is 0.538. The molecule has 1 aromatic carbocycles. The molecule has 0 saturated heterocycles. The van der Waals surface area contributed by atoms with Gasteiger partial charge in [-0.2, -0.15) is 0 Å². The molecule has 1 fully saturated rings. The van der Waals surface area contributed by atoms with Crippen molar-refractivity contribution in [2.75, 3.05) is 12.3 Å². The average molecular weight is 303 g/mol. The van der Waals surface area contributed by atoms with E-state index in [0.29, 0.717) is 34.7 Å². The lowest BCUT2D eigenvalue weighted by Gasteiger charge is -2.14. The second-order valence-electron chi connectivity index (χ2n) is 5.28. The highest BCUT2D eigenvalue weighted by Gasteiger charge is 2.29. The molecule has 4 nitrogen and oxygen atoms in total. The van der Waals surface area contributed by atoms with Crippen LogP contribution in [0.2, 0.25) is 5.02 Å². The Kier molecular flexibility index (Phi) is 4.08. The van der Waals surface area contributed by atoms with E-state index in [1.165, 1.54) is 18.9 Å². The van der Waals surface area contributed by atoms with Gasteiger partial charge < -0.3 is 5.73 Å². The number of rotatable bonds is 5. The zero-order valence-corrected chi connectivity index (χ0v) is 12.7. The summed E-state index contributed by atoms with van der Waals surface area (Å²) in [6, 6.07) is 3.00. The molecule has 1 aliphatic rings. The Morgan fingerprint density at radius 1 is 1.47 bits per heavy atom. The maximum Gasteiger partial charge on any atom is 0.240 e. The minimum atomic E-state index is -3.55.